The van der Waals surface area contributed by atoms with Gasteiger partial charge in [0.15, 0.2) is 0 Å². The van der Waals surface area contributed by atoms with Crippen LogP contribution in [0.4, 0.5) is 0 Å². The van der Waals surface area contributed by atoms with Crippen LogP contribution in [0, 0.1) is 5.41 Å². The summed E-state index contributed by atoms with van der Waals surface area (Å²) in [5.74, 6) is -3.56. The third-order valence-corrected chi connectivity index (χ3v) is 6.87. The number of aryl methyl sites for hydroxylation is 1. The molecule has 4 rings (SSSR count). The topological polar surface area (TPSA) is 83.8 Å². The zero-order valence-corrected chi connectivity index (χ0v) is 21.1. The Balaban J connectivity index is 2.01. The highest BCUT2D eigenvalue weighted by Crippen LogP contribution is 2.49. The minimum Gasteiger partial charge on any atom is -0.465 e. The third kappa shape index (κ3) is 4.27. The molecule has 0 bridgehead atoms. The molecule has 0 aliphatic heterocycles. The zero-order chi connectivity index (χ0) is 25.7. The number of aromatic nitrogens is 1. The van der Waals surface area contributed by atoms with E-state index in [1.807, 2.05) is 48.5 Å². The second kappa shape index (κ2) is 11.0. The van der Waals surface area contributed by atoms with Crippen LogP contribution >= 0.6 is 0 Å². The molecule has 1 aliphatic rings. The smallest absolute Gasteiger partial charge is 0.335 e. The van der Waals surface area contributed by atoms with E-state index in [9.17, 15) is 14.4 Å². The highest BCUT2D eigenvalue weighted by molar-refractivity contribution is 6.19. The van der Waals surface area contributed by atoms with E-state index in [-0.39, 0.29) is 19.8 Å². The van der Waals surface area contributed by atoms with Gasteiger partial charge in [-0.3, -0.25) is 14.4 Å². The van der Waals surface area contributed by atoms with Crippen LogP contribution in [-0.4, -0.2) is 42.3 Å². The summed E-state index contributed by atoms with van der Waals surface area (Å²) in [6.45, 7) is 5.54. The molecule has 0 amide bonds. The predicted octanol–water partition coefficient (Wildman–Crippen LogP) is 4.79. The van der Waals surface area contributed by atoms with Gasteiger partial charge in [0.2, 0.25) is 0 Å². The molecule has 7 heteroatoms. The van der Waals surface area contributed by atoms with E-state index in [1.54, 1.807) is 20.8 Å². The van der Waals surface area contributed by atoms with E-state index in [1.165, 1.54) is 0 Å². The first-order chi connectivity index (χ1) is 17.5. The van der Waals surface area contributed by atoms with Gasteiger partial charge in [-0.1, -0.05) is 48.5 Å². The molecule has 0 radical (unpaired) electrons. The van der Waals surface area contributed by atoms with Crippen molar-refractivity contribution < 1.29 is 28.6 Å². The number of carbonyl (C=O) groups excluding carboxylic acids is 3. The number of esters is 3. The maximum absolute atomic E-state index is 13.7. The summed E-state index contributed by atoms with van der Waals surface area (Å²) in [4.78, 5) is 41.0. The van der Waals surface area contributed by atoms with Crippen molar-refractivity contribution in [3.8, 4) is 0 Å². The normalized spacial score (nSPS) is 15.2. The van der Waals surface area contributed by atoms with Gasteiger partial charge in [-0.25, -0.2) is 0 Å². The molecule has 7 nitrogen and oxygen atoms in total. The maximum atomic E-state index is 13.7. The molecule has 2 aromatic carbocycles. The summed E-state index contributed by atoms with van der Waals surface area (Å²) in [6, 6.07) is 18.0. The molecular formula is C29H33NO6. The van der Waals surface area contributed by atoms with Crippen LogP contribution in [0.15, 0.2) is 54.6 Å². The lowest BCUT2D eigenvalue weighted by Gasteiger charge is -2.37. The first kappa shape index (κ1) is 25.5. The molecule has 0 fully saturated rings. The Kier molecular flexibility index (Phi) is 7.77. The van der Waals surface area contributed by atoms with Crippen molar-refractivity contribution in [2.75, 3.05) is 19.8 Å². The van der Waals surface area contributed by atoms with Crippen LogP contribution in [0.3, 0.4) is 0 Å². The number of nitrogens with zero attached hydrogens (tertiary/aromatic N) is 1. The first-order valence-electron chi connectivity index (χ1n) is 12.7. The van der Waals surface area contributed by atoms with Crippen LogP contribution in [0.1, 0.15) is 56.4 Å². The van der Waals surface area contributed by atoms with Gasteiger partial charge in [-0.2, -0.15) is 0 Å². The molecule has 1 heterocycles. The van der Waals surface area contributed by atoms with Gasteiger partial charge >= 0.3 is 17.9 Å². The van der Waals surface area contributed by atoms with E-state index in [0.717, 1.165) is 34.1 Å². The molecule has 1 atom stereocenters. The predicted molar refractivity (Wildman–Crippen MR) is 135 cm³/mol. The largest absolute Gasteiger partial charge is 0.465 e. The Morgan fingerprint density at radius 2 is 1.39 bits per heavy atom. The van der Waals surface area contributed by atoms with E-state index < -0.39 is 29.2 Å². The Labute approximate surface area is 211 Å². The molecule has 36 heavy (non-hydrogen) atoms. The quantitative estimate of drug-likeness (QED) is 0.243. The molecule has 1 aromatic heterocycles. The average Bonchev–Trinajstić information content (AvgIpc) is 3.20. The SMILES string of the molecule is CCOC(=O)C(C(=O)OCC)(C(=O)OCC)[C@H]1CCCc2c1n(Cc1ccccc1)c1ccccc21. The van der Waals surface area contributed by atoms with Gasteiger partial charge in [0.05, 0.1) is 19.8 Å². The first-order valence-corrected chi connectivity index (χ1v) is 12.7. The van der Waals surface area contributed by atoms with Crippen molar-refractivity contribution >= 4 is 28.8 Å². The fraction of sp³-hybridized carbons (Fsp3) is 0.414. The lowest BCUT2D eigenvalue weighted by atomic mass is 9.67. The zero-order valence-electron chi connectivity index (χ0n) is 21.1. The molecule has 0 saturated heterocycles. The lowest BCUT2D eigenvalue weighted by Crippen LogP contribution is -2.54. The number of hydrogen-bond acceptors (Lipinski definition) is 6. The van der Waals surface area contributed by atoms with Crippen molar-refractivity contribution in [2.45, 2.75) is 52.5 Å². The van der Waals surface area contributed by atoms with Crippen molar-refractivity contribution in [3.05, 3.63) is 71.4 Å². The Bertz CT molecular complexity index is 1200. The second-order valence-corrected chi connectivity index (χ2v) is 8.87. The van der Waals surface area contributed by atoms with Gasteiger partial charge in [0.1, 0.15) is 0 Å². The summed E-state index contributed by atoms with van der Waals surface area (Å²) in [7, 11) is 0. The van der Waals surface area contributed by atoms with Crippen molar-refractivity contribution in [2.24, 2.45) is 5.41 Å². The molecular weight excluding hydrogens is 458 g/mol. The van der Waals surface area contributed by atoms with Crippen molar-refractivity contribution in [3.63, 3.8) is 0 Å². The Morgan fingerprint density at radius 1 is 0.833 bits per heavy atom. The fourth-order valence-corrected chi connectivity index (χ4v) is 5.45. The minimum atomic E-state index is -2.25. The van der Waals surface area contributed by atoms with E-state index in [4.69, 9.17) is 14.2 Å². The third-order valence-electron chi connectivity index (χ3n) is 6.87. The fourth-order valence-electron chi connectivity index (χ4n) is 5.45. The number of hydrogen-bond donors (Lipinski definition) is 0. The highest BCUT2D eigenvalue weighted by Gasteiger charge is 2.64. The highest BCUT2D eigenvalue weighted by atomic mass is 16.6. The number of carbonyl (C=O) groups is 3. The monoisotopic (exact) mass is 491 g/mol. The number of benzene rings is 2. The van der Waals surface area contributed by atoms with E-state index in [0.29, 0.717) is 19.4 Å². The maximum Gasteiger partial charge on any atom is 0.335 e. The summed E-state index contributed by atoms with van der Waals surface area (Å²) in [5.41, 5.74) is 1.64. The van der Waals surface area contributed by atoms with Crippen LogP contribution < -0.4 is 0 Å². The van der Waals surface area contributed by atoms with Gasteiger partial charge in [0, 0.05) is 29.1 Å². The van der Waals surface area contributed by atoms with Gasteiger partial charge in [-0.15, -0.1) is 0 Å². The Hall–Kier alpha value is -3.61. The van der Waals surface area contributed by atoms with Crippen LogP contribution in [0.2, 0.25) is 0 Å². The summed E-state index contributed by atoms with van der Waals surface area (Å²) in [5, 5.41) is 1.05. The standard InChI is InChI=1S/C29H33NO6/c1-4-34-26(31)29(27(32)35-5-2,28(33)36-6-3)23-17-12-16-22-21-15-10-11-18-24(21)30(25(22)23)19-20-13-8-7-9-14-20/h7-11,13-15,18,23H,4-6,12,16-17,19H2,1-3H3/t23-/m0/s1. The van der Waals surface area contributed by atoms with Crippen LogP contribution in [0.25, 0.3) is 10.9 Å². The Morgan fingerprint density at radius 3 is 1.97 bits per heavy atom. The van der Waals surface area contributed by atoms with Crippen molar-refractivity contribution in [1.82, 2.24) is 4.57 Å². The molecule has 0 unspecified atom stereocenters. The van der Waals surface area contributed by atoms with Gasteiger partial charge in [0.25, 0.3) is 5.41 Å². The molecule has 3 aromatic rings. The summed E-state index contributed by atoms with van der Waals surface area (Å²) >= 11 is 0. The number of para-hydroxylation sites is 1. The number of ether oxygens (including phenoxy) is 3. The molecule has 0 saturated carbocycles. The van der Waals surface area contributed by atoms with E-state index in [2.05, 4.69) is 10.6 Å². The van der Waals surface area contributed by atoms with E-state index >= 15 is 0 Å². The second-order valence-electron chi connectivity index (χ2n) is 8.87. The minimum absolute atomic E-state index is 0.0198. The summed E-state index contributed by atoms with van der Waals surface area (Å²) < 4.78 is 18.3. The van der Waals surface area contributed by atoms with Crippen molar-refractivity contribution in [1.29, 1.82) is 0 Å². The molecule has 1 aliphatic carbocycles. The molecule has 0 spiro atoms. The van der Waals surface area contributed by atoms with Crippen LogP contribution in [0.5, 0.6) is 0 Å². The number of fused-ring (bicyclic) bond motifs is 3. The summed E-state index contributed by atoms with van der Waals surface area (Å²) in [6.07, 6.45) is 1.92. The average molecular weight is 492 g/mol. The van der Waals surface area contributed by atoms with Crippen LogP contribution in [-0.2, 0) is 41.6 Å². The molecule has 0 N–H and O–H groups in total. The van der Waals surface area contributed by atoms with Gasteiger partial charge < -0.3 is 18.8 Å². The van der Waals surface area contributed by atoms with Gasteiger partial charge in [-0.05, 0) is 57.2 Å². The molecule has 190 valence electrons. The number of rotatable bonds is 9. The lowest BCUT2D eigenvalue weighted by molar-refractivity contribution is -0.186.